The molecule has 0 fully saturated rings. The first-order valence-electron chi connectivity index (χ1n) is 5.22. The number of nitrogens with one attached hydrogen (secondary N) is 1. The van der Waals surface area contributed by atoms with E-state index in [0.717, 1.165) is 36.4 Å². The summed E-state index contributed by atoms with van der Waals surface area (Å²) in [5.74, 6) is -1.17. The Morgan fingerprint density at radius 2 is 1.53 bits per heavy atom. The first kappa shape index (κ1) is 13.3. The summed E-state index contributed by atoms with van der Waals surface area (Å²) in [6, 6.07) is 7.58. The molecule has 100 valence electrons. The maximum absolute atomic E-state index is 13.0. The molecule has 0 atom stereocenters. The average Bonchev–Trinajstić information content (AvgIpc) is 2.34. The van der Waals surface area contributed by atoms with Gasteiger partial charge in [0.1, 0.15) is 11.6 Å². The van der Waals surface area contributed by atoms with Gasteiger partial charge in [0.25, 0.3) is 10.0 Å². The minimum atomic E-state index is -3.93. The minimum absolute atomic E-state index is 0.0654. The summed E-state index contributed by atoms with van der Waals surface area (Å²) in [4.78, 5) is -0.141. The molecule has 0 amide bonds. The largest absolute Gasteiger partial charge is 0.397 e. The predicted molar refractivity (Wildman–Crippen MR) is 68.0 cm³/mol. The second-order valence-corrected chi connectivity index (χ2v) is 5.47. The van der Waals surface area contributed by atoms with Crippen molar-refractivity contribution in [2.75, 3.05) is 10.5 Å². The maximum atomic E-state index is 13.0. The first-order chi connectivity index (χ1) is 8.88. The zero-order chi connectivity index (χ0) is 14.0. The second kappa shape index (κ2) is 4.85. The lowest BCUT2D eigenvalue weighted by atomic mass is 10.3. The highest BCUT2D eigenvalue weighted by molar-refractivity contribution is 7.92. The smallest absolute Gasteiger partial charge is 0.261 e. The molecule has 0 unspecified atom stereocenters. The van der Waals surface area contributed by atoms with Crippen LogP contribution < -0.4 is 10.5 Å². The molecule has 0 aliphatic rings. The lowest BCUT2D eigenvalue weighted by Crippen LogP contribution is -2.14. The van der Waals surface area contributed by atoms with E-state index < -0.39 is 21.7 Å². The number of nitrogens with two attached hydrogens (primary N) is 1. The highest BCUT2D eigenvalue weighted by Gasteiger charge is 2.15. The molecule has 0 aliphatic carbocycles. The molecule has 0 aliphatic heterocycles. The lowest BCUT2D eigenvalue weighted by molar-refractivity contribution is 0.599. The molecule has 2 aromatic carbocycles. The van der Waals surface area contributed by atoms with E-state index in [1.54, 1.807) is 0 Å². The van der Waals surface area contributed by atoms with Crippen molar-refractivity contribution in [1.82, 2.24) is 0 Å². The van der Waals surface area contributed by atoms with Gasteiger partial charge in [-0.05, 0) is 36.4 Å². The number of anilines is 2. The van der Waals surface area contributed by atoms with Crippen LogP contribution in [0.3, 0.4) is 0 Å². The number of rotatable bonds is 3. The van der Waals surface area contributed by atoms with Gasteiger partial charge in [0.05, 0.1) is 16.3 Å². The van der Waals surface area contributed by atoms with E-state index >= 15 is 0 Å². The van der Waals surface area contributed by atoms with Crippen LogP contribution in [-0.2, 0) is 10.0 Å². The standard InChI is InChI=1S/C12H10F2N2O2S/c13-8-1-4-10(5-2-8)19(17,18)16-12-7-9(14)3-6-11(12)15/h1-7,16H,15H2. The Morgan fingerprint density at radius 1 is 0.947 bits per heavy atom. The monoisotopic (exact) mass is 284 g/mol. The quantitative estimate of drug-likeness (QED) is 0.850. The third-order valence-electron chi connectivity index (χ3n) is 2.38. The van der Waals surface area contributed by atoms with Crippen LogP contribution in [-0.4, -0.2) is 8.42 Å². The Bertz CT molecular complexity index is 700. The molecule has 19 heavy (non-hydrogen) atoms. The second-order valence-electron chi connectivity index (χ2n) is 3.79. The van der Waals surface area contributed by atoms with Crippen LogP contribution in [0.4, 0.5) is 20.2 Å². The zero-order valence-corrected chi connectivity index (χ0v) is 10.4. The highest BCUT2D eigenvalue weighted by Crippen LogP contribution is 2.23. The molecule has 4 nitrogen and oxygen atoms in total. The van der Waals surface area contributed by atoms with Crippen molar-refractivity contribution in [2.24, 2.45) is 0 Å². The van der Waals surface area contributed by atoms with Gasteiger partial charge in [0, 0.05) is 6.07 Å². The van der Waals surface area contributed by atoms with Gasteiger partial charge in [-0.2, -0.15) is 0 Å². The van der Waals surface area contributed by atoms with Gasteiger partial charge in [-0.15, -0.1) is 0 Å². The molecule has 0 spiro atoms. The summed E-state index contributed by atoms with van der Waals surface area (Å²) in [5.41, 5.74) is 5.57. The van der Waals surface area contributed by atoms with Gasteiger partial charge in [0.15, 0.2) is 0 Å². The van der Waals surface area contributed by atoms with Crippen molar-refractivity contribution in [1.29, 1.82) is 0 Å². The van der Waals surface area contributed by atoms with Gasteiger partial charge in [-0.25, -0.2) is 17.2 Å². The van der Waals surface area contributed by atoms with Crippen LogP contribution >= 0.6 is 0 Å². The molecule has 0 aromatic heterocycles. The van der Waals surface area contributed by atoms with E-state index in [-0.39, 0.29) is 16.3 Å². The van der Waals surface area contributed by atoms with Crippen LogP contribution in [0.15, 0.2) is 47.4 Å². The van der Waals surface area contributed by atoms with E-state index in [1.807, 2.05) is 0 Å². The van der Waals surface area contributed by atoms with E-state index in [0.29, 0.717) is 0 Å². The minimum Gasteiger partial charge on any atom is -0.397 e. The fourth-order valence-electron chi connectivity index (χ4n) is 1.43. The van der Waals surface area contributed by atoms with Crippen LogP contribution in [0, 0.1) is 11.6 Å². The molecule has 3 N–H and O–H groups in total. The molecule has 0 saturated carbocycles. The first-order valence-corrected chi connectivity index (χ1v) is 6.70. The van der Waals surface area contributed by atoms with Crippen molar-refractivity contribution in [3.63, 3.8) is 0 Å². The van der Waals surface area contributed by atoms with Gasteiger partial charge in [0.2, 0.25) is 0 Å². The summed E-state index contributed by atoms with van der Waals surface area (Å²) in [6.07, 6.45) is 0. The Kier molecular flexibility index (Phi) is 3.39. The number of nitrogen functional groups attached to an aromatic ring is 1. The Labute approximate surface area is 108 Å². The molecule has 2 aromatic rings. The third kappa shape index (κ3) is 3.00. The lowest BCUT2D eigenvalue weighted by Gasteiger charge is -2.10. The Balaban J connectivity index is 2.36. The average molecular weight is 284 g/mol. The molecule has 0 bridgehead atoms. The number of halogens is 2. The summed E-state index contributed by atoms with van der Waals surface area (Å²) in [7, 11) is -3.93. The summed E-state index contributed by atoms with van der Waals surface area (Å²) >= 11 is 0. The van der Waals surface area contributed by atoms with Crippen molar-refractivity contribution < 1.29 is 17.2 Å². The van der Waals surface area contributed by atoms with Gasteiger partial charge < -0.3 is 5.73 Å². The molecular weight excluding hydrogens is 274 g/mol. The van der Waals surface area contributed by atoms with Crippen LogP contribution in [0.25, 0.3) is 0 Å². The molecular formula is C12H10F2N2O2S. The Morgan fingerprint density at radius 3 is 2.16 bits per heavy atom. The summed E-state index contributed by atoms with van der Waals surface area (Å²) in [6.45, 7) is 0. The number of hydrogen-bond donors (Lipinski definition) is 2. The van der Waals surface area contributed by atoms with Gasteiger partial charge >= 0.3 is 0 Å². The molecule has 2 rings (SSSR count). The van der Waals surface area contributed by atoms with E-state index in [9.17, 15) is 17.2 Å². The maximum Gasteiger partial charge on any atom is 0.261 e. The van der Waals surface area contributed by atoms with Crippen molar-refractivity contribution in [3.8, 4) is 0 Å². The highest BCUT2D eigenvalue weighted by atomic mass is 32.2. The van der Waals surface area contributed by atoms with Gasteiger partial charge in [-0.3, -0.25) is 4.72 Å². The van der Waals surface area contributed by atoms with Gasteiger partial charge in [-0.1, -0.05) is 0 Å². The van der Waals surface area contributed by atoms with E-state index in [1.165, 1.54) is 6.07 Å². The zero-order valence-electron chi connectivity index (χ0n) is 9.60. The van der Waals surface area contributed by atoms with Crippen molar-refractivity contribution in [3.05, 3.63) is 54.1 Å². The molecule has 7 heteroatoms. The number of benzene rings is 2. The van der Waals surface area contributed by atoms with E-state index in [4.69, 9.17) is 5.73 Å². The predicted octanol–water partition coefficient (Wildman–Crippen LogP) is 2.35. The Hall–Kier alpha value is -2.15. The third-order valence-corrected chi connectivity index (χ3v) is 3.77. The van der Waals surface area contributed by atoms with Crippen molar-refractivity contribution >= 4 is 21.4 Å². The van der Waals surface area contributed by atoms with Crippen LogP contribution in [0.2, 0.25) is 0 Å². The molecule has 0 saturated heterocycles. The fourth-order valence-corrected chi connectivity index (χ4v) is 2.51. The van der Waals surface area contributed by atoms with Crippen LogP contribution in [0.1, 0.15) is 0 Å². The van der Waals surface area contributed by atoms with Crippen molar-refractivity contribution in [2.45, 2.75) is 4.90 Å². The number of hydrogen-bond acceptors (Lipinski definition) is 3. The SMILES string of the molecule is Nc1ccc(F)cc1NS(=O)(=O)c1ccc(F)cc1. The molecule has 0 radical (unpaired) electrons. The topological polar surface area (TPSA) is 72.2 Å². The normalized spacial score (nSPS) is 11.3. The summed E-state index contributed by atoms with van der Waals surface area (Å²) in [5, 5.41) is 0. The summed E-state index contributed by atoms with van der Waals surface area (Å²) < 4.78 is 51.8. The van der Waals surface area contributed by atoms with Crippen LogP contribution in [0.5, 0.6) is 0 Å². The number of sulfonamides is 1. The molecule has 0 heterocycles. The fraction of sp³-hybridized carbons (Fsp3) is 0. The van der Waals surface area contributed by atoms with E-state index in [2.05, 4.69) is 4.72 Å².